The molecule has 2 aromatic rings. The third kappa shape index (κ3) is 2.73. The van der Waals surface area contributed by atoms with Crippen molar-refractivity contribution in [3.05, 3.63) is 29.9 Å². The summed E-state index contributed by atoms with van der Waals surface area (Å²) >= 11 is 0. The molecule has 3 fully saturated rings. The molecule has 0 spiro atoms. The number of hydrogen-bond acceptors (Lipinski definition) is 3. The van der Waals surface area contributed by atoms with Gasteiger partial charge in [0.2, 0.25) is 11.8 Å². The highest BCUT2D eigenvalue weighted by molar-refractivity contribution is 5.76. The van der Waals surface area contributed by atoms with E-state index < -0.39 is 0 Å². The third-order valence-electron chi connectivity index (χ3n) is 7.39. The minimum absolute atomic E-state index is 0.435. The summed E-state index contributed by atoms with van der Waals surface area (Å²) < 4.78 is 4.53. The van der Waals surface area contributed by atoms with Gasteiger partial charge in [0.25, 0.3) is 0 Å². The average Bonchev–Trinajstić information content (AvgIpc) is 3.41. The zero-order valence-corrected chi connectivity index (χ0v) is 16.2. The number of rotatable bonds is 3. The number of imidazole rings is 1. The van der Waals surface area contributed by atoms with Gasteiger partial charge in [-0.3, -0.25) is 4.90 Å². The van der Waals surface area contributed by atoms with Crippen molar-refractivity contribution in [1.29, 1.82) is 5.26 Å². The van der Waals surface area contributed by atoms with Gasteiger partial charge in [0, 0.05) is 31.7 Å². The number of aromatic nitrogens is 2. The maximum atomic E-state index is 9.28. The Kier molecular flexibility index (Phi) is 4.32. The molecule has 2 bridgehead atoms. The Labute approximate surface area is 160 Å². The molecule has 5 rings (SSSR count). The summed E-state index contributed by atoms with van der Waals surface area (Å²) in [6, 6.07) is 9.78. The van der Waals surface area contributed by atoms with E-state index in [2.05, 4.69) is 50.2 Å². The first-order valence-electron chi connectivity index (χ1n) is 10.7. The Hall–Kier alpha value is -2.06. The quantitative estimate of drug-likeness (QED) is 0.781. The number of piperidine rings is 1. The fourth-order valence-electron chi connectivity index (χ4n) is 6.21. The van der Waals surface area contributed by atoms with Crippen molar-refractivity contribution in [2.45, 2.75) is 64.1 Å². The second-order valence-corrected chi connectivity index (χ2v) is 8.62. The van der Waals surface area contributed by atoms with E-state index in [1.165, 1.54) is 49.8 Å². The summed E-state index contributed by atoms with van der Waals surface area (Å²) in [4.78, 5) is 7.01. The molecule has 3 aliphatic rings. The maximum absolute atomic E-state index is 9.28. The molecule has 0 radical (unpaired) electrons. The minimum Gasteiger partial charge on any atom is -0.310 e. The minimum atomic E-state index is 0.435. The second kappa shape index (κ2) is 6.83. The van der Waals surface area contributed by atoms with Crippen molar-refractivity contribution in [3.8, 4) is 6.19 Å². The van der Waals surface area contributed by atoms with E-state index in [-0.39, 0.29) is 0 Å². The fraction of sp³-hybridized carbons (Fsp3) is 0.636. The van der Waals surface area contributed by atoms with Crippen LogP contribution in [-0.2, 0) is 6.54 Å². The number of aryl methyl sites for hydroxylation is 1. The van der Waals surface area contributed by atoms with Crippen LogP contribution in [0.3, 0.4) is 0 Å². The number of hydrogen-bond donors (Lipinski definition) is 0. The van der Waals surface area contributed by atoms with Crippen LogP contribution in [0.2, 0.25) is 0 Å². The highest BCUT2D eigenvalue weighted by atomic mass is 15.2. The Morgan fingerprint density at radius 3 is 2.48 bits per heavy atom. The van der Waals surface area contributed by atoms with Gasteiger partial charge in [0.15, 0.2) is 0 Å². The van der Waals surface area contributed by atoms with Crippen LogP contribution in [0.1, 0.15) is 51.5 Å². The lowest BCUT2D eigenvalue weighted by molar-refractivity contribution is 0.0985. The first-order chi connectivity index (χ1) is 13.3. The van der Waals surface area contributed by atoms with Crippen LogP contribution in [-0.4, -0.2) is 33.2 Å². The SMILES string of the molecule is CCn1/c(=N\C#N)n(C2CCN(C3CC4CCC3C4)CC2)c2ccccc21. The zero-order valence-electron chi connectivity index (χ0n) is 16.2. The van der Waals surface area contributed by atoms with Crippen molar-refractivity contribution in [1.82, 2.24) is 14.0 Å². The first kappa shape index (κ1) is 17.1. The van der Waals surface area contributed by atoms with E-state index in [4.69, 9.17) is 0 Å². The lowest BCUT2D eigenvalue weighted by atomic mass is 9.91. The predicted molar refractivity (Wildman–Crippen MR) is 106 cm³/mol. The van der Waals surface area contributed by atoms with Crippen LogP contribution < -0.4 is 5.62 Å². The summed E-state index contributed by atoms with van der Waals surface area (Å²) in [5.74, 6) is 1.97. The van der Waals surface area contributed by atoms with Crippen molar-refractivity contribution in [2.24, 2.45) is 16.8 Å². The molecule has 5 heteroatoms. The molecule has 0 amide bonds. The Morgan fingerprint density at radius 2 is 1.85 bits per heavy atom. The number of likely N-dealkylation sites (tertiary alicyclic amines) is 1. The Balaban J connectivity index is 1.44. The van der Waals surface area contributed by atoms with Crippen LogP contribution in [0.5, 0.6) is 0 Å². The highest BCUT2D eigenvalue weighted by Crippen LogP contribution is 2.47. The van der Waals surface area contributed by atoms with Crippen LogP contribution in [0.25, 0.3) is 11.0 Å². The maximum Gasteiger partial charge on any atom is 0.221 e. The molecule has 2 saturated carbocycles. The van der Waals surface area contributed by atoms with Gasteiger partial charge in [-0.25, -0.2) is 0 Å². The fourth-order valence-corrected chi connectivity index (χ4v) is 6.21. The number of para-hydroxylation sites is 2. The third-order valence-corrected chi connectivity index (χ3v) is 7.39. The van der Waals surface area contributed by atoms with E-state index in [1.54, 1.807) is 0 Å². The van der Waals surface area contributed by atoms with Gasteiger partial charge in [-0.15, -0.1) is 4.99 Å². The number of fused-ring (bicyclic) bond motifs is 3. The predicted octanol–water partition coefficient (Wildman–Crippen LogP) is 3.67. The molecule has 2 heterocycles. The molecule has 1 aromatic heterocycles. The Morgan fingerprint density at radius 1 is 1.07 bits per heavy atom. The van der Waals surface area contributed by atoms with Crippen molar-refractivity contribution >= 4 is 11.0 Å². The van der Waals surface area contributed by atoms with Crippen LogP contribution >= 0.6 is 0 Å². The molecule has 2 aliphatic carbocycles. The average molecular weight is 364 g/mol. The molecule has 1 aromatic carbocycles. The smallest absolute Gasteiger partial charge is 0.221 e. The van der Waals surface area contributed by atoms with Crippen molar-refractivity contribution in [2.75, 3.05) is 13.1 Å². The van der Waals surface area contributed by atoms with Gasteiger partial charge in [-0.2, -0.15) is 5.26 Å². The zero-order chi connectivity index (χ0) is 18.4. The van der Waals surface area contributed by atoms with Gasteiger partial charge in [0.1, 0.15) is 0 Å². The molecule has 142 valence electrons. The van der Waals surface area contributed by atoms with E-state index >= 15 is 0 Å². The lowest BCUT2D eigenvalue weighted by Gasteiger charge is -2.40. The molecule has 1 aliphatic heterocycles. The van der Waals surface area contributed by atoms with Crippen molar-refractivity contribution < 1.29 is 0 Å². The van der Waals surface area contributed by atoms with E-state index in [0.29, 0.717) is 6.04 Å². The van der Waals surface area contributed by atoms with Crippen LogP contribution in [0.4, 0.5) is 0 Å². The normalized spacial score (nSPS) is 29.6. The van der Waals surface area contributed by atoms with Gasteiger partial charge in [0.05, 0.1) is 11.0 Å². The van der Waals surface area contributed by atoms with E-state index in [9.17, 15) is 5.26 Å². The molecule has 5 nitrogen and oxygen atoms in total. The van der Waals surface area contributed by atoms with Gasteiger partial charge in [-0.1, -0.05) is 18.6 Å². The molecule has 3 atom stereocenters. The molecule has 27 heavy (non-hydrogen) atoms. The van der Waals surface area contributed by atoms with E-state index in [0.717, 1.165) is 42.9 Å². The number of benzene rings is 1. The molecular formula is C22H29N5. The lowest BCUT2D eigenvalue weighted by Crippen LogP contribution is -2.45. The van der Waals surface area contributed by atoms with Gasteiger partial charge >= 0.3 is 0 Å². The second-order valence-electron chi connectivity index (χ2n) is 8.62. The van der Waals surface area contributed by atoms with Gasteiger partial charge in [-0.05, 0) is 63.0 Å². The van der Waals surface area contributed by atoms with E-state index in [1.807, 2.05) is 6.19 Å². The summed E-state index contributed by atoms with van der Waals surface area (Å²) in [7, 11) is 0. The molecule has 0 N–H and O–H groups in total. The van der Waals surface area contributed by atoms with Gasteiger partial charge < -0.3 is 9.13 Å². The first-order valence-corrected chi connectivity index (χ1v) is 10.7. The van der Waals surface area contributed by atoms with Crippen LogP contribution in [0, 0.1) is 23.3 Å². The largest absolute Gasteiger partial charge is 0.310 e. The standard InChI is InChI=1S/C22H29N5/c1-2-26-19-5-3-4-6-20(19)27(22(26)24-15-23)18-9-11-25(12-10-18)21-14-16-7-8-17(21)13-16/h3-6,16-18,21H,2,7-14H2,1H3/b24-22+. The van der Waals surface area contributed by atoms with Crippen LogP contribution in [0.15, 0.2) is 29.3 Å². The molecule has 1 saturated heterocycles. The topological polar surface area (TPSA) is 49.2 Å². The molecular weight excluding hydrogens is 334 g/mol. The van der Waals surface area contributed by atoms with Crippen molar-refractivity contribution in [3.63, 3.8) is 0 Å². The summed E-state index contributed by atoms with van der Waals surface area (Å²) in [6.07, 6.45) is 10.2. The Bertz CT molecular complexity index is 938. The number of nitrogens with zero attached hydrogens (tertiary/aromatic N) is 5. The summed E-state index contributed by atoms with van der Waals surface area (Å²) in [6.45, 7) is 5.33. The summed E-state index contributed by atoms with van der Waals surface area (Å²) in [5, 5.41) is 9.28. The summed E-state index contributed by atoms with van der Waals surface area (Å²) in [5.41, 5.74) is 3.22. The number of nitriles is 1. The molecule has 3 unspecified atom stereocenters. The monoisotopic (exact) mass is 363 g/mol. The highest BCUT2D eigenvalue weighted by Gasteiger charge is 2.43.